The van der Waals surface area contributed by atoms with Gasteiger partial charge in [0.05, 0.1) is 11.1 Å². The second kappa shape index (κ2) is 6.10. The van der Waals surface area contributed by atoms with Crippen LogP contribution in [-0.2, 0) is 17.1 Å². The van der Waals surface area contributed by atoms with Gasteiger partial charge in [-0.2, -0.15) is 26.3 Å². The van der Waals surface area contributed by atoms with Gasteiger partial charge in [0.15, 0.2) is 0 Å². The highest BCUT2D eigenvalue weighted by Gasteiger charge is 2.41. The first kappa shape index (κ1) is 17.9. The summed E-state index contributed by atoms with van der Waals surface area (Å²) in [5.41, 5.74) is -3.08. The first-order valence-corrected chi connectivity index (χ1v) is 7.82. The summed E-state index contributed by atoms with van der Waals surface area (Å²) in [5, 5.41) is 0. The Morgan fingerprint density at radius 3 is 2.12 bits per heavy atom. The number of carbonyl (C=O) groups excluding carboxylic acids is 1. The summed E-state index contributed by atoms with van der Waals surface area (Å²) in [4.78, 5) is 13.5. The zero-order valence-electron chi connectivity index (χ0n) is 13.0. The van der Waals surface area contributed by atoms with E-state index in [0.29, 0.717) is 25.1 Å². The number of carbonyl (C=O) groups is 1. The number of cyclic esters (lactones) is 1. The van der Waals surface area contributed by atoms with Crippen LogP contribution in [0.3, 0.4) is 0 Å². The van der Waals surface area contributed by atoms with E-state index in [4.69, 9.17) is 4.74 Å². The zero-order chi connectivity index (χ0) is 18.4. The first-order chi connectivity index (χ1) is 11.6. The number of halogens is 6. The summed E-state index contributed by atoms with van der Waals surface area (Å²) < 4.78 is 82.9. The topological polar surface area (TPSA) is 29.5 Å². The SMILES string of the molecule is O=C1OC(c2cc(C(F)(F)F)cc(C(F)(F)F)c2)CC2CCCCN12. The molecule has 3 nitrogen and oxygen atoms in total. The maximum atomic E-state index is 13.0. The molecule has 3 rings (SSSR count). The lowest BCUT2D eigenvalue weighted by molar-refractivity contribution is -0.143. The number of benzene rings is 1. The molecule has 1 aromatic carbocycles. The summed E-state index contributed by atoms with van der Waals surface area (Å²) in [7, 11) is 0. The maximum absolute atomic E-state index is 13.0. The molecule has 138 valence electrons. The third-order valence-corrected chi connectivity index (χ3v) is 4.57. The number of ether oxygens (including phenoxy) is 1. The number of alkyl halides is 6. The highest BCUT2D eigenvalue weighted by Crippen LogP contribution is 2.41. The Bertz CT molecular complexity index is 637. The molecule has 9 heteroatoms. The molecule has 2 aliphatic rings. The highest BCUT2D eigenvalue weighted by atomic mass is 19.4. The molecule has 1 amide bonds. The van der Waals surface area contributed by atoms with Crippen molar-refractivity contribution >= 4 is 6.09 Å². The molecule has 0 radical (unpaired) electrons. The largest absolute Gasteiger partial charge is 0.441 e. The Morgan fingerprint density at radius 1 is 0.960 bits per heavy atom. The number of amides is 1. The van der Waals surface area contributed by atoms with Crippen molar-refractivity contribution in [1.29, 1.82) is 0 Å². The van der Waals surface area contributed by atoms with Gasteiger partial charge in [0, 0.05) is 19.0 Å². The molecular weight excluding hydrogens is 352 g/mol. The van der Waals surface area contributed by atoms with E-state index < -0.39 is 35.7 Å². The maximum Gasteiger partial charge on any atom is 0.416 e. The molecule has 0 saturated carbocycles. The quantitative estimate of drug-likeness (QED) is 0.642. The van der Waals surface area contributed by atoms with Gasteiger partial charge in [-0.05, 0) is 43.0 Å². The summed E-state index contributed by atoms with van der Waals surface area (Å²) in [6.07, 6.45) is -9.14. The molecule has 0 aliphatic carbocycles. The van der Waals surface area contributed by atoms with Crippen LogP contribution in [0.1, 0.15) is 48.5 Å². The van der Waals surface area contributed by atoms with Crippen LogP contribution in [0.5, 0.6) is 0 Å². The van der Waals surface area contributed by atoms with Crippen molar-refractivity contribution < 1.29 is 35.9 Å². The smallest absolute Gasteiger partial charge is 0.416 e. The molecule has 2 unspecified atom stereocenters. The van der Waals surface area contributed by atoms with E-state index in [9.17, 15) is 31.1 Å². The highest BCUT2D eigenvalue weighted by molar-refractivity contribution is 5.69. The summed E-state index contributed by atoms with van der Waals surface area (Å²) in [5.74, 6) is 0. The van der Waals surface area contributed by atoms with E-state index in [2.05, 4.69) is 0 Å². The number of fused-ring (bicyclic) bond motifs is 1. The molecule has 2 aliphatic heterocycles. The lowest BCUT2D eigenvalue weighted by Crippen LogP contribution is -2.49. The minimum Gasteiger partial charge on any atom is -0.441 e. The number of hydrogen-bond acceptors (Lipinski definition) is 2. The van der Waals surface area contributed by atoms with E-state index in [1.165, 1.54) is 4.90 Å². The molecular formula is C16H15F6NO2. The van der Waals surface area contributed by atoms with E-state index in [0.717, 1.165) is 12.8 Å². The van der Waals surface area contributed by atoms with Gasteiger partial charge in [-0.25, -0.2) is 4.79 Å². The average Bonchev–Trinajstić information content (AvgIpc) is 2.53. The van der Waals surface area contributed by atoms with Crippen molar-refractivity contribution in [3.63, 3.8) is 0 Å². The Labute approximate surface area is 139 Å². The lowest BCUT2D eigenvalue weighted by atomic mass is 9.91. The Morgan fingerprint density at radius 2 is 1.56 bits per heavy atom. The number of piperidine rings is 1. The molecule has 0 N–H and O–H groups in total. The van der Waals surface area contributed by atoms with Gasteiger partial charge in [-0.15, -0.1) is 0 Å². The summed E-state index contributed by atoms with van der Waals surface area (Å²) >= 11 is 0. The molecule has 0 spiro atoms. The van der Waals surface area contributed by atoms with Crippen LogP contribution >= 0.6 is 0 Å². The fourth-order valence-corrected chi connectivity index (χ4v) is 3.34. The van der Waals surface area contributed by atoms with Gasteiger partial charge < -0.3 is 9.64 Å². The summed E-state index contributed by atoms with van der Waals surface area (Å²) in [6, 6.07) is 1.11. The van der Waals surface area contributed by atoms with E-state index in [-0.39, 0.29) is 24.1 Å². The second-order valence-corrected chi connectivity index (χ2v) is 6.29. The van der Waals surface area contributed by atoms with Gasteiger partial charge >= 0.3 is 18.4 Å². The second-order valence-electron chi connectivity index (χ2n) is 6.29. The monoisotopic (exact) mass is 367 g/mol. The fraction of sp³-hybridized carbons (Fsp3) is 0.562. The van der Waals surface area contributed by atoms with E-state index in [1.807, 2.05) is 0 Å². The predicted octanol–water partition coefficient (Wildman–Crippen LogP) is 5.16. The van der Waals surface area contributed by atoms with Crippen LogP contribution in [-0.4, -0.2) is 23.6 Å². The van der Waals surface area contributed by atoms with Crippen LogP contribution in [0.4, 0.5) is 31.1 Å². The van der Waals surface area contributed by atoms with Crippen molar-refractivity contribution in [2.45, 2.75) is 50.2 Å². The Kier molecular flexibility index (Phi) is 4.36. The number of hydrogen-bond donors (Lipinski definition) is 0. The average molecular weight is 367 g/mol. The molecule has 0 aromatic heterocycles. The normalized spacial score (nSPS) is 24.7. The van der Waals surface area contributed by atoms with Crippen molar-refractivity contribution in [3.05, 3.63) is 34.9 Å². The molecule has 0 bridgehead atoms. The van der Waals surface area contributed by atoms with Crippen LogP contribution in [0.25, 0.3) is 0 Å². The van der Waals surface area contributed by atoms with Crippen molar-refractivity contribution in [3.8, 4) is 0 Å². The van der Waals surface area contributed by atoms with Crippen molar-refractivity contribution in [2.75, 3.05) is 6.54 Å². The fourth-order valence-electron chi connectivity index (χ4n) is 3.34. The number of nitrogens with zero attached hydrogens (tertiary/aromatic N) is 1. The van der Waals surface area contributed by atoms with Gasteiger partial charge in [-0.1, -0.05) is 0 Å². The van der Waals surface area contributed by atoms with Crippen molar-refractivity contribution in [1.82, 2.24) is 4.90 Å². The van der Waals surface area contributed by atoms with Gasteiger partial charge in [0.25, 0.3) is 0 Å². The number of rotatable bonds is 1. The predicted molar refractivity (Wildman–Crippen MR) is 74.6 cm³/mol. The van der Waals surface area contributed by atoms with Crippen LogP contribution < -0.4 is 0 Å². The lowest BCUT2D eigenvalue weighted by Gasteiger charge is -2.41. The molecule has 2 heterocycles. The molecule has 1 aromatic rings. The minimum atomic E-state index is -4.93. The molecule has 25 heavy (non-hydrogen) atoms. The van der Waals surface area contributed by atoms with Crippen molar-refractivity contribution in [2.24, 2.45) is 0 Å². The van der Waals surface area contributed by atoms with E-state index in [1.54, 1.807) is 0 Å². The van der Waals surface area contributed by atoms with E-state index >= 15 is 0 Å². The Hall–Kier alpha value is -1.93. The molecule has 2 atom stereocenters. The van der Waals surface area contributed by atoms with Crippen LogP contribution in [0.15, 0.2) is 18.2 Å². The zero-order valence-corrected chi connectivity index (χ0v) is 13.0. The summed E-state index contributed by atoms with van der Waals surface area (Å²) in [6.45, 7) is 0.493. The molecule has 2 fully saturated rings. The van der Waals surface area contributed by atoms with Gasteiger partial charge in [0.1, 0.15) is 6.10 Å². The Balaban J connectivity index is 1.97. The van der Waals surface area contributed by atoms with Gasteiger partial charge in [0.2, 0.25) is 0 Å². The van der Waals surface area contributed by atoms with Crippen LogP contribution in [0, 0.1) is 0 Å². The minimum absolute atomic E-state index is 0.0705. The standard InChI is InChI=1S/C16H15F6NO2/c17-15(18,19)10-5-9(6-11(7-10)16(20,21)22)13-8-12-3-1-2-4-23(12)14(24)25-13/h5-7,12-13H,1-4,8H2. The van der Waals surface area contributed by atoms with Crippen LogP contribution in [0.2, 0.25) is 0 Å². The van der Waals surface area contributed by atoms with Gasteiger partial charge in [-0.3, -0.25) is 0 Å². The third-order valence-electron chi connectivity index (χ3n) is 4.57. The third kappa shape index (κ3) is 3.69. The first-order valence-electron chi connectivity index (χ1n) is 7.82. The molecule has 2 saturated heterocycles.